The van der Waals surface area contributed by atoms with E-state index in [9.17, 15) is 0 Å². The van der Waals surface area contributed by atoms with Crippen LogP contribution in [0, 0.1) is 4.77 Å². The van der Waals surface area contributed by atoms with Crippen LogP contribution < -0.4 is 4.90 Å². The molecule has 8 nitrogen and oxygen atoms in total. The van der Waals surface area contributed by atoms with Crippen molar-refractivity contribution in [2.45, 2.75) is 6.67 Å². The monoisotopic (exact) mass is 394 g/mol. The topological polar surface area (TPSA) is 59.9 Å². The lowest BCUT2D eigenvalue weighted by Gasteiger charge is -2.35. The minimum absolute atomic E-state index is 0.806. The molecule has 3 aromatic heterocycles. The molecule has 0 amide bonds. The Labute approximate surface area is 167 Å². The van der Waals surface area contributed by atoms with Crippen LogP contribution in [-0.2, 0) is 20.8 Å². The maximum absolute atomic E-state index is 5.68. The van der Waals surface area contributed by atoms with E-state index in [0.29, 0.717) is 0 Å². The molecule has 0 saturated carbocycles. The van der Waals surface area contributed by atoms with Gasteiger partial charge in [-0.1, -0.05) is 12.1 Å². The van der Waals surface area contributed by atoms with Gasteiger partial charge >= 0.3 is 0 Å². The number of imidazole rings is 1. The summed E-state index contributed by atoms with van der Waals surface area (Å²) in [6.07, 6.45) is 3.48. The number of nitrogens with zero attached hydrogens (tertiary/aromatic N) is 8. The van der Waals surface area contributed by atoms with Crippen molar-refractivity contribution < 1.29 is 0 Å². The molecule has 4 aromatic rings. The fourth-order valence-corrected chi connectivity index (χ4v) is 4.26. The molecule has 0 bridgehead atoms. The number of anilines is 1. The number of piperazine rings is 1. The highest BCUT2D eigenvalue weighted by atomic mass is 32.1. The third kappa shape index (κ3) is 2.70. The molecule has 1 saturated heterocycles. The predicted octanol–water partition coefficient (Wildman–Crippen LogP) is 2.17. The number of aryl methyl sites for hydroxylation is 2. The first-order valence-corrected chi connectivity index (χ1v) is 9.78. The van der Waals surface area contributed by atoms with Crippen LogP contribution in [0.3, 0.4) is 0 Å². The number of rotatable bonds is 3. The second-order valence-corrected chi connectivity index (χ2v) is 7.57. The highest BCUT2D eigenvalue weighted by Crippen LogP contribution is 2.24. The van der Waals surface area contributed by atoms with Crippen molar-refractivity contribution in [2.75, 3.05) is 31.1 Å². The Morgan fingerprint density at radius 2 is 1.75 bits per heavy atom. The van der Waals surface area contributed by atoms with Crippen LogP contribution >= 0.6 is 12.2 Å². The Balaban J connectivity index is 1.36. The summed E-state index contributed by atoms with van der Waals surface area (Å²) < 4.78 is 6.96. The van der Waals surface area contributed by atoms with E-state index in [4.69, 9.17) is 12.2 Å². The van der Waals surface area contributed by atoms with Crippen LogP contribution in [0.2, 0.25) is 0 Å². The van der Waals surface area contributed by atoms with Crippen molar-refractivity contribution in [3.63, 3.8) is 0 Å². The average molecular weight is 395 g/mol. The highest BCUT2D eigenvalue weighted by Gasteiger charge is 2.22. The molecule has 1 aliphatic heterocycles. The second kappa shape index (κ2) is 6.68. The summed E-state index contributed by atoms with van der Waals surface area (Å²) in [6, 6.07) is 8.39. The van der Waals surface area contributed by atoms with Crippen LogP contribution in [0.4, 0.5) is 5.82 Å². The van der Waals surface area contributed by atoms with Crippen LogP contribution in [-0.4, -0.2) is 60.0 Å². The molecule has 1 fully saturated rings. The Kier molecular flexibility index (Phi) is 4.13. The van der Waals surface area contributed by atoms with Gasteiger partial charge in [0.25, 0.3) is 0 Å². The second-order valence-electron chi connectivity index (χ2n) is 7.21. The summed E-state index contributed by atoms with van der Waals surface area (Å²) in [5.41, 5.74) is 3.23. The molecule has 9 heteroatoms. The summed E-state index contributed by atoms with van der Waals surface area (Å²) in [7, 11) is 3.94. The standard InChI is InChI=1S/C19H22N8S/c1-23-15-5-3-4-6-16(15)27(19(23)28)13-25-7-9-26(10-8-25)18-14-11-22-24(2)17(14)20-12-21-18/h3-6,11-12H,7-10,13H2,1-2H3. The van der Waals surface area contributed by atoms with Gasteiger partial charge in [-0.2, -0.15) is 5.10 Å². The maximum Gasteiger partial charge on any atom is 0.181 e. The van der Waals surface area contributed by atoms with Gasteiger partial charge in [0.15, 0.2) is 10.4 Å². The lowest BCUT2D eigenvalue weighted by atomic mass is 10.3. The maximum atomic E-state index is 5.68. The van der Waals surface area contributed by atoms with Crippen LogP contribution in [0.5, 0.6) is 0 Å². The van der Waals surface area contributed by atoms with Crippen molar-refractivity contribution in [2.24, 2.45) is 14.1 Å². The number of para-hydroxylation sites is 2. The molecule has 28 heavy (non-hydrogen) atoms. The number of hydrogen-bond donors (Lipinski definition) is 0. The molecule has 0 radical (unpaired) electrons. The average Bonchev–Trinajstić information content (AvgIpc) is 3.22. The van der Waals surface area contributed by atoms with E-state index in [1.807, 2.05) is 20.3 Å². The van der Waals surface area contributed by atoms with Gasteiger partial charge < -0.3 is 14.0 Å². The molecule has 144 valence electrons. The van der Waals surface area contributed by atoms with Crippen molar-refractivity contribution in [3.8, 4) is 0 Å². The van der Waals surface area contributed by atoms with E-state index in [1.54, 1.807) is 11.0 Å². The molecular formula is C19H22N8S. The van der Waals surface area contributed by atoms with Gasteiger partial charge in [0.05, 0.1) is 29.3 Å². The SMILES string of the molecule is Cn1ncc2c(N3CCN(Cn4c(=S)n(C)c5ccccc54)CC3)ncnc21. The van der Waals surface area contributed by atoms with Crippen molar-refractivity contribution in [1.82, 2.24) is 33.8 Å². The first kappa shape index (κ1) is 17.3. The van der Waals surface area contributed by atoms with Gasteiger partial charge in [-0.3, -0.25) is 9.58 Å². The zero-order chi connectivity index (χ0) is 19.3. The Morgan fingerprint density at radius 1 is 1.00 bits per heavy atom. The van der Waals surface area contributed by atoms with E-state index in [2.05, 4.69) is 58.3 Å². The Hall–Kier alpha value is -2.78. The van der Waals surface area contributed by atoms with Gasteiger partial charge in [-0.15, -0.1) is 0 Å². The van der Waals surface area contributed by atoms with E-state index < -0.39 is 0 Å². The fraction of sp³-hybridized carbons (Fsp3) is 0.368. The zero-order valence-electron chi connectivity index (χ0n) is 16.0. The van der Waals surface area contributed by atoms with E-state index in [0.717, 1.165) is 54.5 Å². The van der Waals surface area contributed by atoms with Crippen molar-refractivity contribution in [1.29, 1.82) is 0 Å². The van der Waals surface area contributed by atoms with Crippen LogP contribution in [0.25, 0.3) is 22.1 Å². The van der Waals surface area contributed by atoms with Crippen molar-refractivity contribution >= 4 is 40.1 Å². The number of benzene rings is 1. The van der Waals surface area contributed by atoms with E-state index in [-0.39, 0.29) is 0 Å². The summed E-state index contributed by atoms with van der Waals surface area (Å²) in [6.45, 7) is 4.55. The Morgan fingerprint density at radius 3 is 2.54 bits per heavy atom. The van der Waals surface area contributed by atoms with Gasteiger partial charge in [0.1, 0.15) is 12.1 Å². The highest BCUT2D eigenvalue weighted by molar-refractivity contribution is 7.71. The zero-order valence-corrected chi connectivity index (χ0v) is 16.8. The summed E-state index contributed by atoms with van der Waals surface area (Å²) in [5, 5.41) is 5.33. The van der Waals surface area contributed by atoms with Gasteiger partial charge in [0, 0.05) is 40.3 Å². The first-order chi connectivity index (χ1) is 13.6. The number of aromatic nitrogens is 6. The van der Waals surface area contributed by atoms with Gasteiger partial charge in [-0.05, 0) is 24.4 Å². The summed E-state index contributed by atoms with van der Waals surface area (Å²) >= 11 is 5.68. The van der Waals surface area contributed by atoms with E-state index >= 15 is 0 Å². The molecule has 0 N–H and O–H groups in total. The summed E-state index contributed by atoms with van der Waals surface area (Å²) in [4.78, 5) is 13.6. The third-order valence-corrected chi connectivity index (χ3v) is 6.07. The van der Waals surface area contributed by atoms with E-state index in [1.165, 1.54) is 11.0 Å². The number of fused-ring (bicyclic) bond motifs is 2. The van der Waals surface area contributed by atoms with Crippen LogP contribution in [0.1, 0.15) is 0 Å². The summed E-state index contributed by atoms with van der Waals surface area (Å²) in [5.74, 6) is 0.972. The van der Waals surface area contributed by atoms with Gasteiger partial charge in [0.2, 0.25) is 0 Å². The predicted molar refractivity (Wildman–Crippen MR) is 112 cm³/mol. The molecule has 1 aromatic carbocycles. The fourth-order valence-electron chi connectivity index (χ4n) is 4.00. The largest absolute Gasteiger partial charge is 0.353 e. The minimum Gasteiger partial charge on any atom is -0.353 e. The van der Waals surface area contributed by atoms with Crippen LogP contribution in [0.15, 0.2) is 36.8 Å². The van der Waals surface area contributed by atoms with Gasteiger partial charge in [-0.25, -0.2) is 9.97 Å². The molecule has 0 aliphatic carbocycles. The lowest BCUT2D eigenvalue weighted by molar-refractivity contribution is 0.207. The lowest BCUT2D eigenvalue weighted by Crippen LogP contribution is -2.47. The first-order valence-electron chi connectivity index (χ1n) is 9.38. The Bertz CT molecular complexity index is 1210. The smallest absolute Gasteiger partial charge is 0.181 e. The molecule has 5 rings (SSSR count). The molecule has 1 aliphatic rings. The number of hydrogen-bond acceptors (Lipinski definition) is 6. The minimum atomic E-state index is 0.806. The molecule has 4 heterocycles. The quantitative estimate of drug-likeness (QED) is 0.497. The normalized spacial score (nSPS) is 15.7. The molecule has 0 spiro atoms. The van der Waals surface area contributed by atoms with Crippen molar-refractivity contribution in [3.05, 3.63) is 41.6 Å². The molecule has 0 unspecified atom stereocenters. The molecular weight excluding hydrogens is 372 g/mol. The third-order valence-electron chi connectivity index (χ3n) is 5.57. The molecule has 0 atom stereocenters.